The van der Waals surface area contributed by atoms with Gasteiger partial charge in [0.2, 0.25) is 0 Å². The SMILES string of the molecule is CC(C)Oc1cc(Br)ccc1C(=O)N1C2CCNCC1CC2. The number of nitrogens with one attached hydrogen (secondary N) is 1. The van der Waals surface area contributed by atoms with Crippen LogP contribution in [0.25, 0.3) is 0 Å². The largest absolute Gasteiger partial charge is 0.490 e. The lowest BCUT2D eigenvalue weighted by Crippen LogP contribution is -2.42. The Balaban J connectivity index is 1.91. The lowest BCUT2D eigenvalue weighted by atomic mass is 10.1. The van der Waals surface area contributed by atoms with Crippen LogP contribution in [0.3, 0.4) is 0 Å². The molecule has 120 valence electrons. The number of rotatable bonds is 3. The van der Waals surface area contributed by atoms with Gasteiger partial charge in [-0.05, 0) is 57.9 Å². The van der Waals surface area contributed by atoms with Crippen molar-refractivity contribution in [2.45, 2.75) is 51.3 Å². The van der Waals surface area contributed by atoms with Crippen LogP contribution in [0.15, 0.2) is 22.7 Å². The van der Waals surface area contributed by atoms with Gasteiger partial charge in [-0.1, -0.05) is 15.9 Å². The van der Waals surface area contributed by atoms with E-state index in [9.17, 15) is 4.79 Å². The van der Waals surface area contributed by atoms with Crippen molar-refractivity contribution in [3.63, 3.8) is 0 Å². The summed E-state index contributed by atoms with van der Waals surface area (Å²) in [7, 11) is 0. The van der Waals surface area contributed by atoms with E-state index in [2.05, 4.69) is 26.1 Å². The molecule has 3 rings (SSSR count). The van der Waals surface area contributed by atoms with Gasteiger partial charge in [-0.15, -0.1) is 0 Å². The van der Waals surface area contributed by atoms with Gasteiger partial charge >= 0.3 is 0 Å². The van der Waals surface area contributed by atoms with Gasteiger partial charge in [-0.3, -0.25) is 4.79 Å². The summed E-state index contributed by atoms with van der Waals surface area (Å²) in [6.07, 6.45) is 3.30. The predicted molar refractivity (Wildman–Crippen MR) is 90.4 cm³/mol. The van der Waals surface area contributed by atoms with Crippen molar-refractivity contribution in [2.75, 3.05) is 13.1 Å². The van der Waals surface area contributed by atoms with Gasteiger partial charge in [0.05, 0.1) is 11.7 Å². The summed E-state index contributed by atoms with van der Waals surface area (Å²) in [6.45, 7) is 5.86. The lowest BCUT2D eigenvalue weighted by Gasteiger charge is -2.29. The molecule has 0 radical (unpaired) electrons. The van der Waals surface area contributed by atoms with E-state index in [1.54, 1.807) is 0 Å². The fourth-order valence-electron chi connectivity index (χ4n) is 3.48. The normalized spacial score (nSPS) is 24.5. The van der Waals surface area contributed by atoms with E-state index in [0.717, 1.165) is 36.8 Å². The average Bonchev–Trinajstić information content (AvgIpc) is 2.71. The van der Waals surface area contributed by atoms with Gasteiger partial charge in [-0.25, -0.2) is 0 Å². The fraction of sp³-hybridized carbons (Fsp3) is 0.588. The van der Waals surface area contributed by atoms with Crippen molar-refractivity contribution >= 4 is 21.8 Å². The quantitative estimate of drug-likeness (QED) is 0.892. The average molecular weight is 367 g/mol. The smallest absolute Gasteiger partial charge is 0.258 e. The monoisotopic (exact) mass is 366 g/mol. The minimum atomic E-state index is 0.0448. The highest BCUT2D eigenvalue weighted by molar-refractivity contribution is 9.10. The maximum Gasteiger partial charge on any atom is 0.258 e. The topological polar surface area (TPSA) is 41.6 Å². The van der Waals surface area contributed by atoms with Crippen LogP contribution >= 0.6 is 15.9 Å². The van der Waals surface area contributed by atoms with Crippen LogP contribution in [-0.4, -0.2) is 42.1 Å². The number of hydrogen-bond donors (Lipinski definition) is 1. The maximum absolute atomic E-state index is 13.1. The van der Waals surface area contributed by atoms with Crippen molar-refractivity contribution in [3.8, 4) is 5.75 Å². The van der Waals surface area contributed by atoms with Gasteiger partial charge in [-0.2, -0.15) is 0 Å². The summed E-state index contributed by atoms with van der Waals surface area (Å²) in [5.41, 5.74) is 0.677. The zero-order valence-electron chi connectivity index (χ0n) is 13.1. The summed E-state index contributed by atoms with van der Waals surface area (Å²) in [5.74, 6) is 0.783. The molecule has 4 nitrogen and oxygen atoms in total. The summed E-state index contributed by atoms with van der Waals surface area (Å²) >= 11 is 3.47. The van der Waals surface area contributed by atoms with Gasteiger partial charge in [0.25, 0.3) is 5.91 Å². The van der Waals surface area contributed by atoms with E-state index in [1.807, 2.05) is 32.0 Å². The van der Waals surface area contributed by atoms with E-state index >= 15 is 0 Å². The van der Waals surface area contributed by atoms with Crippen molar-refractivity contribution in [2.24, 2.45) is 0 Å². The number of amides is 1. The first-order valence-electron chi connectivity index (χ1n) is 8.06. The van der Waals surface area contributed by atoms with Gasteiger partial charge in [0.1, 0.15) is 5.75 Å². The molecule has 2 bridgehead atoms. The van der Waals surface area contributed by atoms with E-state index in [4.69, 9.17) is 4.74 Å². The Morgan fingerprint density at radius 1 is 1.32 bits per heavy atom. The Hall–Kier alpha value is -1.07. The number of carbonyl (C=O) groups is 1. The predicted octanol–water partition coefficient (Wildman–Crippen LogP) is 3.20. The van der Waals surface area contributed by atoms with Crippen molar-refractivity contribution in [1.29, 1.82) is 0 Å². The third kappa shape index (κ3) is 3.15. The highest BCUT2D eigenvalue weighted by Crippen LogP contribution is 2.33. The number of hydrogen-bond acceptors (Lipinski definition) is 3. The van der Waals surface area contributed by atoms with Crippen LogP contribution in [0.1, 0.15) is 43.5 Å². The second kappa shape index (κ2) is 6.59. The molecule has 2 atom stereocenters. The maximum atomic E-state index is 13.1. The molecule has 2 unspecified atom stereocenters. The molecule has 0 saturated carbocycles. The van der Waals surface area contributed by atoms with Crippen LogP contribution in [0.5, 0.6) is 5.75 Å². The zero-order chi connectivity index (χ0) is 15.7. The molecular formula is C17H23BrN2O2. The van der Waals surface area contributed by atoms with Crippen LogP contribution < -0.4 is 10.1 Å². The summed E-state index contributed by atoms with van der Waals surface area (Å²) in [4.78, 5) is 15.2. The minimum Gasteiger partial charge on any atom is -0.490 e. The van der Waals surface area contributed by atoms with Gasteiger partial charge < -0.3 is 15.0 Å². The molecule has 2 aliphatic rings. The van der Waals surface area contributed by atoms with Gasteiger partial charge in [0, 0.05) is 23.1 Å². The Kier molecular flexibility index (Phi) is 4.73. The third-order valence-corrected chi connectivity index (χ3v) is 4.92. The van der Waals surface area contributed by atoms with Crippen molar-refractivity contribution < 1.29 is 9.53 Å². The first kappa shape index (κ1) is 15.8. The molecule has 0 aliphatic carbocycles. The Morgan fingerprint density at radius 2 is 2.09 bits per heavy atom. The second-order valence-electron chi connectivity index (χ2n) is 6.40. The van der Waals surface area contributed by atoms with Crippen LogP contribution in [-0.2, 0) is 0 Å². The molecule has 1 N–H and O–H groups in total. The molecule has 5 heteroatoms. The van der Waals surface area contributed by atoms with Crippen LogP contribution in [0.4, 0.5) is 0 Å². The van der Waals surface area contributed by atoms with Crippen LogP contribution in [0.2, 0.25) is 0 Å². The number of carbonyl (C=O) groups excluding carboxylic acids is 1. The molecule has 1 amide bonds. The van der Waals surface area contributed by atoms with Crippen molar-refractivity contribution in [3.05, 3.63) is 28.2 Å². The molecule has 0 spiro atoms. The first-order valence-corrected chi connectivity index (χ1v) is 8.85. The zero-order valence-corrected chi connectivity index (χ0v) is 14.7. The number of halogens is 1. The second-order valence-corrected chi connectivity index (χ2v) is 7.31. The Bertz CT molecular complexity index is 548. The molecule has 2 fully saturated rings. The molecule has 2 saturated heterocycles. The number of benzene rings is 1. The fourth-order valence-corrected chi connectivity index (χ4v) is 3.82. The molecule has 0 aromatic heterocycles. The molecule has 2 heterocycles. The summed E-state index contributed by atoms with van der Waals surface area (Å²) < 4.78 is 6.80. The number of nitrogens with zero attached hydrogens (tertiary/aromatic N) is 1. The highest BCUT2D eigenvalue weighted by Gasteiger charge is 2.39. The Labute approximate surface area is 140 Å². The van der Waals surface area contributed by atoms with Crippen molar-refractivity contribution in [1.82, 2.24) is 10.2 Å². The summed E-state index contributed by atoms with van der Waals surface area (Å²) in [5, 5.41) is 3.44. The number of ether oxygens (including phenoxy) is 1. The molecule has 1 aromatic carbocycles. The highest BCUT2D eigenvalue weighted by atomic mass is 79.9. The molecule has 1 aromatic rings. The minimum absolute atomic E-state index is 0.0448. The standard InChI is InChI=1S/C17H23BrN2O2/c1-11(2)22-16-9-12(18)3-6-15(16)17(21)20-13-4-5-14(20)10-19-8-7-13/h3,6,9,11,13-14,19H,4-5,7-8,10H2,1-2H3. The molecule has 2 aliphatic heterocycles. The lowest BCUT2D eigenvalue weighted by molar-refractivity contribution is 0.0674. The molecular weight excluding hydrogens is 344 g/mol. The third-order valence-electron chi connectivity index (χ3n) is 4.43. The van der Waals surface area contributed by atoms with E-state index in [-0.39, 0.29) is 12.0 Å². The Morgan fingerprint density at radius 3 is 2.86 bits per heavy atom. The van der Waals surface area contributed by atoms with Gasteiger partial charge in [0.15, 0.2) is 0 Å². The summed E-state index contributed by atoms with van der Waals surface area (Å²) in [6, 6.07) is 6.37. The molecule has 22 heavy (non-hydrogen) atoms. The first-order chi connectivity index (χ1) is 10.6. The van der Waals surface area contributed by atoms with Crippen LogP contribution in [0, 0.1) is 0 Å². The van der Waals surface area contributed by atoms with E-state index in [1.165, 1.54) is 0 Å². The van der Waals surface area contributed by atoms with E-state index in [0.29, 0.717) is 23.4 Å². The number of fused-ring (bicyclic) bond motifs is 2. The van der Waals surface area contributed by atoms with E-state index < -0.39 is 0 Å².